The highest BCUT2D eigenvalue weighted by Crippen LogP contribution is 2.13. The number of methoxy groups -OCH3 is 1. The predicted molar refractivity (Wildman–Crippen MR) is 74.3 cm³/mol. The minimum Gasteiger partial charge on any atom is -0.485 e. The summed E-state index contributed by atoms with van der Waals surface area (Å²) in [6.45, 7) is 2.75. The molecule has 0 saturated carbocycles. The van der Waals surface area contributed by atoms with E-state index in [1.54, 1.807) is 30.8 Å². The molecule has 0 saturated heterocycles. The molecule has 19 heavy (non-hydrogen) atoms. The van der Waals surface area contributed by atoms with Crippen LogP contribution >= 0.6 is 11.3 Å². The number of pyridine rings is 1. The smallest absolute Gasteiger partial charge is 0.140 e. The highest BCUT2D eigenvalue weighted by molar-refractivity contribution is 7.09. The van der Waals surface area contributed by atoms with E-state index in [1.807, 2.05) is 17.5 Å². The van der Waals surface area contributed by atoms with Gasteiger partial charge in [0.25, 0.3) is 0 Å². The van der Waals surface area contributed by atoms with Crippen LogP contribution in [-0.2, 0) is 17.9 Å². The van der Waals surface area contributed by atoms with Gasteiger partial charge in [-0.15, -0.1) is 11.3 Å². The van der Waals surface area contributed by atoms with Crippen molar-refractivity contribution in [2.24, 2.45) is 0 Å². The van der Waals surface area contributed by atoms with Gasteiger partial charge in [-0.3, -0.25) is 4.98 Å². The molecule has 5 nitrogen and oxygen atoms in total. The van der Waals surface area contributed by atoms with Gasteiger partial charge >= 0.3 is 0 Å². The SMILES string of the molecule is COCCNCc1ccc(OCc2nccs2)cn1. The highest BCUT2D eigenvalue weighted by atomic mass is 32.1. The van der Waals surface area contributed by atoms with Gasteiger partial charge in [0.05, 0.1) is 18.5 Å². The van der Waals surface area contributed by atoms with Crippen LogP contribution in [0, 0.1) is 0 Å². The van der Waals surface area contributed by atoms with Crippen molar-refractivity contribution in [1.82, 2.24) is 15.3 Å². The van der Waals surface area contributed by atoms with Crippen molar-refractivity contribution in [3.8, 4) is 5.75 Å². The molecule has 0 amide bonds. The fourth-order valence-electron chi connectivity index (χ4n) is 1.46. The maximum atomic E-state index is 5.59. The molecular weight excluding hydrogens is 262 g/mol. The molecule has 0 aliphatic rings. The van der Waals surface area contributed by atoms with E-state index >= 15 is 0 Å². The fraction of sp³-hybridized carbons (Fsp3) is 0.385. The topological polar surface area (TPSA) is 56.3 Å². The van der Waals surface area contributed by atoms with Crippen molar-refractivity contribution in [2.75, 3.05) is 20.3 Å². The number of aromatic nitrogens is 2. The highest BCUT2D eigenvalue weighted by Gasteiger charge is 1.99. The minimum absolute atomic E-state index is 0.491. The van der Waals surface area contributed by atoms with Gasteiger partial charge in [-0.05, 0) is 12.1 Å². The number of nitrogens with one attached hydrogen (secondary N) is 1. The molecule has 0 aliphatic carbocycles. The van der Waals surface area contributed by atoms with Crippen molar-refractivity contribution in [3.63, 3.8) is 0 Å². The predicted octanol–water partition coefficient (Wildman–Crippen LogP) is 1.85. The van der Waals surface area contributed by atoms with E-state index in [0.29, 0.717) is 13.2 Å². The number of rotatable bonds is 8. The van der Waals surface area contributed by atoms with E-state index in [4.69, 9.17) is 9.47 Å². The van der Waals surface area contributed by atoms with Gasteiger partial charge < -0.3 is 14.8 Å². The summed E-state index contributed by atoms with van der Waals surface area (Å²) in [6.07, 6.45) is 3.51. The first-order valence-electron chi connectivity index (χ1n) is 6.04. The van der Waals surface area contributed by atoms with Gasteiger partial charge in [0.15, 0.2) is 0 Å². The maximum Gasteiger partial charge on any atom is 0.140 e. The van der Waals surface area contributed by atoms with Crippen molar-refractivity contribution < 1.29 is 9.47 Å². The Kier molecular flexibility index (Phi) is 5.74. The molecule has 6 heteroatoms. The summed E-state index contributed by atoms with van der Waals surface area (Å²) in [5, 5.41) is 6.14. The molecule has 0 fully saturated rings. The van der Waals surface area contributed by atoms with Crippen LogP contribution in [0.15, 0.2) is 29.9 Å². The third kappa shape index (κ3) is 4.94. The second kappa shape index (κ2) is 7.83. The van der Waals surface area contributed by atoms with Crippen molar-refractivity contribution in [2.45, 2.75) is 13.2 Å². The second-order valence-electron chi connectivity index (χ2n) is 3.87. The Balaban J connectivity index is 1.74. The van der Waals surface area contributed by atoms with E-state index in [-0.39, 0.29) is 0 Å². The lowest BCUT2D eigenvalue weighted by Gasteiger charge is -2.06. The molecule has 0 spiro atoms. The lowest BCUT2D eigenvalue weighted by molar-refractivity contribution is 0.199. The Morgan fingerprint density at radius 1 is 1.32 bits per heavy atom. The Morgan fingerprint density at radius 2 is 2.26 bits per heavy atom. The molecule has 0 aliphatic heterocycles. The van der Waals surface area contributed by atoms with E-state index in [1.165, 1.54) is 0 Å². The van der Waals surface area contributed by atoms with Crippen LogP contribution in [0.1, 0.15) is 10.7 Å². The van der Waals surface area contributed by atoms with Crippen LogP contribution in [-0.4, -0.2) is 30.2 Å². The third-order valence-electron chi connectivity index (χ3n) is 2.43. The Morgan fingerprint density at radius 3 is 2.95 bits per heavy atom. The molecule has 102 valence electrons. The summed E-state index contributed by atoms with van der Waals surface area (Å²) in [5.74, 6) is 0.760. The van der Waals surface area contributed by atoms with Gasteiger partial charge in [-0.2, -0.15) is 0 Å². The molecule has 2 aromatic heterocycles. The summed E-state index contributed by atoms with van der Waals surface area (Å²) in [4.78, 5) is 8.49. The van der Waals surface area contributed by atoms with Gasteiger partial charge in [-0.25, -0.2) is 4.98 Å². The Labute approximate surface area is 116 Å². The van der Waals surface area contributed by atoms with Crippen molar-refractivity contribution >= 4 is 11.3 Å². The molecule has 0 atom stereocenters. The van der Waals surface area contributed by atoms with E-state index in [9.17, 15) is 0 Å². The Hall–Kier alpha value is -1.50. The summed E-state index contributed by atoms with van der Waals surface area (Å²) in [7, 11) is 1.69. The maximum absolute atomic E-state index is 5.59. The quantitative estimate of drug-likeness (QED) is 0.747. The van der Waals surface area contributed by atoms with Crippen LogP contribution in [0.3, 0.4) is 0 Å². The average molecular weight is 279 g/mol. The molecule has 2 rings (SSSR count). The van der Waals surface area contributed by atoms with E-state index in [2.05, 4.69) is 15.3 Å². The molecule has 0 radical (unpaired) electrons. The molecular formula is C13H17N3O2S. The number of hydrogen-bond donors (Lipinski definition) is 1. The number of thiazole rings is 1. The monoisotopic (exact) mass is 279 g/mol. The summed E-state index contributed by atoms with van der Waals surface area (Å²) in [5.41, 5.74) is 0.984. The van der Waals surface area contributed by atoms with Crippen molar-refractivity contribution in [3.05, 3.63) is 40.6 Å². The molecule has 2 heterocycles. The summed E-state index contributed by atoms with van der Waals surface area (Å²) >= 11 is 1.58. The normalized spacial score (nSPS) is 10.6. The molecule has 1 N–H and O–H groups in total. The fourth-order valence-corrected chi connectivity index (χ4v) is 1.99. The third-order valence-corrected chi connectivity index (χ3v) is 3.19. The summed E-state index contributed by atoms with van der Waals surface area (Å²) in [6, 6.07) is 3.88. The van der Waals surface area contributed by atoms with Crippen LogP contribution in [0.5, 0.6) is 5.75 Å². The second-order valence-corrected chi connectivity index (χ2v) is 4.85. The molecule has 2 aromatic rings. The first-order valence-corrected chi connectivity index (χ1v) is 6.92. The lowest BCUT2D eigenvalue weighted by atomic mass is 10.3. The lowest BCUT2D eigenvalue weighted by Crippen LogP contribution is -2.19. The first-order chi connectivity index (χ1) is 9.38. The first kappa shape index (κ1) is 13.9. The van der Waals surface area contributed by atoms with Gasteiger partial charge in [0.2, 0.25) is 0 Å². The van der Waals surface area contributed by atoms with Crippen molar-refractivity contribution in [1.29, 1.82) is 0 Å². The summed E-state index contributed by atoms with van der Waals surface area (Å²) < 4.78 is 10.6. The number of nitrogens with zero attached hydrogens (tertiary/aromatic N) is 2. The van der Waals surface area contributed by atoms with Gasteiger partial charge in [0, 0.05) is 31.8 Å². The molecule has 0 bridgehead atoms. The van der Waals surface area contributed by atoms with Crippen LogP contribution in [0.25, 0.3) is 0 Å². The number of hydrogen-bond acceptors (Lipinski definition) is 6. The average Bonchev–Trinajstić information content (AvgIpc) is 2.96. The van der Waals surface area contributed by atoms with Crippen LogP contribution in [0.2, 0.25) is 0 Å². The van der Waals surface area contributed by atoms with E-state index in [0.717, 1.165) is 29.5 Å². The zero-order chi connectivity index (χ0) is 13.3. The van der Waals surface area contributed by atoms with Gasteiger partial charge in [-0.1, -0.05) is 0 Å². The standard InChI is InChI=1S/C13H17N3O2S/c1-17-6-4-14-8-11-2-3-12(9-16-11)18-10-13-15-5-7-19-13/h2-3,5,7,9,14H,4,6,8,10H2,1H3. The van der Waals surface area contributed by atoms with Crippen LogP contribution < -0.4 is 10.1 Å². The zero-order valence-electron chi connectivity index (χ0n) is 10.8. The largest absolute Gasteiger partial charge is 0.485 e. The van der Waals surface area contributed by atoms with Gasteiger partial charge in [0.1, 0.15) is 17.4 Å². The molecule has 0 unspecified atom stereocenters. The zero-order valence-corrected chi connectivity index (χ0v) is 11.7. The Bertz CT molecular complexity index is 459. The minimum atomic E-state index is 0.491. The van der Waals surface area contributed by atoms with E-state index < -0.39 is 0 Å². The van der Waals surface area contributed by atoms with Crippen LogP contribution in [0.4, 0.5) is 0 Å². The number of ether oxygens (including phenoxy) is 2. The molecule has 0 aromatic carbocycles.